The lowest BCUT2D eigenvalue weighted by Gasteiger charge is -2.17. The molecule has 0 saturated heterocycles. The number of aryl methyl sites for hydroxylation is 1. The summed E-state index contributed by atoms with van der Waals surface area (Å²) in [4.78, 5) is 36.0. The Labute approximate surface area is 151 Å². The van der Waals surface area contributed by atoms with Crippen LogP contribution >= 0.6 is 0 Å². The number of aromatic nitrogens is 2. The maximum Gasteiger partial charge on any atom is 0.308 e. The van der Waals surface area contributed by atoms with E-state index < -0.39 is 12.1 Å². The number of nitrogens with zero attached hydrogens (tertiary/aromatic N) is 2. The van der Waals surface area contributed by atoms with Crippen molar-refractivity contribution in [1.29, 1.82) is 0 Å². The third-order valence-electron chi connectivity index (χ3n) is 4.67. The Morgan fingerprint density at radius 3 is 2.81 bits per heavy atom. The second-order valence-electron chi connectivity index (χ2n) is 6.62. The zero-order valence-electron chi connectivity index (χ0n) is 14.8. The summed E-state index contributed by atoms with van der Waals surface area (Å²) in [5.41, 5.74) is 0.511. The largest absolute Gasteiger partial charge is 0.452 e. The molecular formula is C19H23N3O4. The van der Waals surface area contributed by atoms with Gasteiger partial charge in [-0.2, -0.15) is 5.10 Å². The van der Waals surface area contributed by atoms with Gasteiger partial charge in [0.2, 0.25) is 5.43 Å². The molecule has 2 aromatic rings. The van der Waals surface area contributed by atoms with Crippen LogP contribution in [0.3, 0.4) is 0 Å². The van der Waals surface area contributed by atoms with Crippen LogP contribution in [0.4, 0.5) is 0 Å². The normalized spacial score (nSPS) is 15.7. The second kappa shape index (κ2) is 8.12. The van der Waals surface area contributed by atoms with Gasteiger partial charge in [-0.15, -0.1) is 0 Å². The van der Waals surface area contributed by atoms with Gasteiger partial charge in [0, 0.05) is 11.4 Å². The zero-order valence-corrected chi connectivity index (χ0v) is 14.8. The molecule has 1 atom stereocenters. The van der Waals surface area contributed by atoms with Gasteiger partial charge >= 0.3 is 5.97 Å². The van der Waals surface area contributed by atoms with Crippen molar-refractivity contribution in [3.8, 4) is 0 Å². The van der Waals surface area contributed by atoms with Crippen molar-refractivity contribution >= 4 is 22.8 Å². The van der Waals surface area contributed by atoms with Crippen LogP contribution in [0.25, 0.3) is 10.9 Å². The fourth-order valence-corrected chi connectivity index (χ4v) is 3.23. The van der Waals surface area contributed by atoms with Crippen LogP contribution in [0.2, 0.25) is 0 Å². The van der Waals surface area contributed by atoms with E-state index in [1.807, 2.05) is 6.07 Å². The number of hydrogen-bond acceptors (Lipinski definition) is 5. The number of amides is 1. The average Bonchev–Trinajstić information content (AvgIpc) is 3.14. The molecule has 1 aliphatic carbocycles. The Morgan fingerprint density at radius 2 is 2.04 bits per heavy atom. The Morgan fingerprint density at radius 1 is 1.31 bits per heavy atom. The number of benzene rings is 1. The monoisotopic (exact) mass is 357 g/mol. The van der Waals surface area contributed by atoms with Gasteiger partial charge in [-0.05, 0) is 31.9 Å². The van der Waals surface area contributed by atoms with Crippen molar-refractivity contribution in [3.63, 3.8) is 0 Å². The van der Waals surface area contributed by atoms with Gasteiger partial charge in [0.25, 0.3) is 5.91 Å². The number of fused-ring (bicyclic) bond motifs is 1. The van der Waals surface area contributed by atoms with Gasteiger partial charge in [0.15, 0.2) is 6.10 Å². The predicted molar refractivity (Wildman–Crippen MR) is 96.6 cm³/mol. The molecule has 1 heterocycles. The topological polar surface area (TPSA) is 90.3 Å². The molecule has 1 aromatic heterocycles. The molecule has 0 spiro atoms. The third-order valence-corrected chi connectivity index (χ3v) is 4.67. The van der Waals surface area contributed by atoms with Gasteiger partial charge < -0.3 is 10.1 Å². The molecule has 3 rings (SSSR count). The minimum absolute atomic E-state index is 0.0704. The summed E-state index contributed by atoms with van der Waals surface area (Å²) in [5.74, 6) is -0.721. The lowest BCUT2D eigenvalue weighted by atomic mass is 10.2. The molecule has 1 fully saturated rings. The molecule has 1 aromatic carbocycles. The third kappa shape index (κ3) is 4.28. The number of esters is 1. The van der Waals surface area contributed by atoms with E-state index in [4.69, 9.17) is 4.74 Å². The van der Waals surface area contributed by atoms with Crippen molar-refractivity contribution in [2.75, 3.05) is 0 Å². The molecule has 138 valence electrons. The Kier molecular flexibility index (Phi) is 5.65. The Bertz CT molecular complexity index is 855. The number of rotatable bonds is 6. The summed E-state index contributed by atoms with van der Waals surface area (Å²) in [6.07, 6.45) is 4.71. The van der Waals surface area contributed by atoms with Gasteiger partial charge in [0.1, 0.15) is 0 Å². The van der Waals surface area contributed by atoms with E-state index in [1.165, 1.54) is 6.20 Å². The van der Waals surface area contributed by atoms with E-state index in [2.05, 4.69) is 10.4 Å². The molecule has 26 heavy (non-hydrogen) atoms. The highest BCUT2D eigenvalue weighted by molar-refractivity contribution is 5.83. The molecule has 1 aliphatic rings. The fraction of sp³-hybridized carbons (Fsp3) is 0.474. The first-order chi connectivity index (χ1) is 12.5. The lowest BCUT2D eigenvalue weighted by Crippen LogP contribution is -2.40. The predicted octanol–water partition coefficient (Wildman–Crippen LogP) is 1.78. The molecule has 0 bridgehead atoms. The summed E-state index contributed by atoms with van der Waals surface area (Å²) >= 11 is 0. The molecule has 0 aliphatic heterocycles. The minimum atomic E-state index is -0.818. The number of ether oxygens (including phenoxy) is 1. The molecule has 1 amide bonds. The van der Waals surface area contributed by atoms with Crippen LogP contribution < -0.4 is 10.7 Å². The van der Waals surface area contributed by atoms with Crippen LogP contribution in [0.1, 0.15) is 39.0 Å². The molecule has 1 N–H and O–H groups in total. The van der Waals surface area contributed by atoms with E-state index in [0.717, 1.165) is 25.7 Å². The van der Waals surface area contributed by atoms with E-state index in [-0.39, 0.29) is 30.3 Å². The quantitative estimate of drug-likeness (QED) is 0.796. The maximum absolute atomic E-state index is 12.1. The van der Waals surface area contributed by atoms with E-state index in [0.29, 0.717) is 10.9 Å². The highest BCUT2D eigenvalue weighted by Gasteiger charge is 2.23. The summed E-state index contributed by atoms with van der Waals surface area (Å²) in [6.45, 7) is 1.85. The Balaban J connectivity index is 1.55. The molecular weight excluding hydrogens is 334 g/mol. The maximum atomic E-state index is 12.1. The van der Waals surface area contributed by atoms with Crippen molar-refractivity contribution in [2.24, 2.45) is 0 Å². The van der Waals surface area contributed by atoms with Crippen molar-refractivity contribution in [3.05, 3.63) is 40.7 Å². The van der Waals surface area contributed by atoms with Crippen LogP contribution in [0.5, 0.6) is 0 Å². The zero-order chi connectivity index (χ0) is 18.5. The first kappa shape index (κ1) is 18.1. The molecule has 0 radical (unpaired) electrons. The average molecular weight is 357 g/mol. The van der Waals surface area contributed by atoms with Crippen LogP contribution in [0.15, 0.2) is 35.3 Å². The standard InChI is InChI=1S/C19H23N3O4/c1-13(19(25)21-14-6-2-3-7-14)26-18(24)10-11-22-16-9-5-4-8-15(16)17(23)12-20-22/h4-5,8-9,12-14H,2-3,6-7,10-11H2,1H3,(H,21,25). The first-order valence-corrected chi connectivity index (χ1v) is 8.99. The highest BCUT2D eigenvalue weighted by atomic mass is 16.5. The summed E-state index contributed by atoms with van der Waals surface area (Å²) in [6, 6.07) is 7.30. The number of carbonyl (C=O) groups is 2. The van der Waals surface area contributed by atoms with Crippen LogP contribution in [-0.4, -0.2) is 33.8 Å². The van der Waals surface area contributed by atoms with Crippen molar-refractivity contribution in [2.45, 2.75) is 57.7 Å². The van der Waals surface area contributed by atoms with Crippen molar-refractivity contribution in [1.82, 2.24) is 15.1 Å². The highest BCUT2D eigenvalue weighted by Crippen LogP contribution is 2.17. The van der Waals surface area contributed by atoms with Crippen LogP contribution in [-0.2, 0) is 20.9 Å². The second-order valence-corrected chi connectivity index (χ2v) is 6.62. The lowest BCUT2D eigenvalue weighted by molar-refractivity contribution is -0.155. The van der Waals surface area contributed by atoms with Crippen LogP contribution in [0, 0.1) is 0 Å². The smallest absolute Gasteiger partial charge is 0.308 e. The number of nitrogens with one attached hydrogen (secondary N) is 1. The molecule has 7 heteroatoms. The van der Waals surface area contributed by atoms with E-state index in [9.17, 15) is 14.4 Å². The minimum Gasteiger partial charge on any atom is -0.452 e. The van der Waals surface area contributed by atoms with E-state index in [1.54, 1.807) is 29.8 Å². The first-order valence-electron chi connectivity index (χ1n) is 8.99. The van der Waals surface area contributed by atoms with Crippen molar-refractivity contribution < 1.29 is 14.3 Å². The Hall–Kier alpha value is -2.70. The summed E-state index contributed by atoms with van der Waals surface area (Å²) in [7, 11) is 0. The molecule has 7 nitrogen and oxygen atoms in total. The number of para-hydroxylation sites is 1. The summed E-state index contributed by atoms with van der Waals surface area (Å²) in [5, 5.41) is 7.55. The van der Waals surface area contributed by atoms with E-state index >= 15 is 0 Å². The van der Waals surface area contributed by atoms with Gasteiger partial charge in [-0.3, -0.25) is 19.1 Å². The number of hydrogen-bond donors (Lipinski definition) is 1. The van der Waals surface area contributed by atoms with Gasteiger partial charge in [-0.25, -0.2) is 0 Å². The number of carbonyl (C=O) groups excluding carboxylic acids is 2. The van der Waals surface area contributed by atoms with Gasteiger partial charge in [-0.1, -0.05) is 25.0 Å². The van der Waals surface area contributed by atoms with Gasteiger partial charge in [0.05, 0.1) is 24.7 Å². The molecule has 1 saturated carbocycles. The molecule has 1 unspecified atom stereocenters. The summed E-state index contributed by atoms with van der Waals surface area (Å²) < 4.78 is 6.82. The SMILES string of the molecule is CC(OC(=O)CCn1ncc(=O)c2ccccc21)C(=O)NC1CCCC1. The fourth-order valence-electron chi connectivity index (χ4n) is 3.23.